The number of nitrogens with two attached hydrogens (primary N) is 1. The third-order valence-electron chi connectivity index (χ3n) is 2.86. The van der Waals surface area contributed by atoms with Crippen LogP contribution in [0.15, 0.2) is 40.9 Å². The van der Waals surface area contributed by atoms with Crippen LogP contribution in [0.2, 0.25) is 5.02 Å². The minimum absolute atomic E-state index is 0.249. The number of nitrogen functional groups attached to an aromatic ring is 1. The molecule has 0 fully saturated rings. The normalized spacial score (nSPS) is 10.8. The van der Waals surface area contributed by atoms with E-state index in [-0.39, 0.29) is 5.69 Å². The number of aromatic nitrogens is 4. The number of anilines is 1. The van der Waals surface area contributed by atoms with Gasteiger partial charge in [0, 0.05) is 15.7 Å². The molecule has 8 heteroatoms. The summed E-state index contributed by atoms with van der Waals surface area (Å²) in [5.41, 5.74) is 7.21. The fourth-order valence-corrected chi connectivity index (χ4v) is 2.66. The lowest BCUT2D eigenvalue weighted by Crippen LogP contribution is -2.02. The number of hydrogen-bond acceptors (Lipinski definition) is 4. The summed E-state index contributed by atoms with van der Waals surface area (Å²) in [6.07, 6.45) is 0. The Bertz CT molecular complexity index is 754. The van der Waals surface area contributed by atoms with E-state index in [2.05, 4.69) is 31.5 Å². The first-order valence-electron chi connectivity index (χ1n) is 5.85. The zero-order valence-electron chi connectivity index (χ0n) is 10.5. The fourth-order valence-electron chi connectivity index (χ4n) is 1.91. The molecule has 0 aliphatic heterocycles. The summed E-state index contributed by atoms with van der Waals surface area (Å²) in [7, 11) is 0. The van der Waals surface area contributed by atoms with E-state index in [1.807, 2.05) is 6.07 Å². The predicted molar refractivity (Wildman–Crippen MR) is 81.7 cm³/mol. The molecule has 0 atom stereocenters. The molecule has 0 unspecified atom stereocenters. The van der Waals surface area contributed by atoms with Crippen molar-refractivity contribution in [1.29, 1.82) is 0 Å². The van der Waals surface area contributed by atoms with Crippen molar-refractivity contribution in [3.05, 3.63) is 51.7 Å². The van der Waals surface area contributed by atoms with Crippen molar-refractivity contribution in [1.82, 2.24) is 20.2 Å². The largest absolute Gasteiger partial charge is 0.398 e. The van der Waals surface area contributed by atoms with Crippen LogP contribution >= 0.6 is 27.5 Å². The first-order valence-corrected chi connectivity index (χ1v) is 7.02. The van der Waals surface area contributed by atoms with Crippen molar-refractivity contribution in [3.63, 3.8) is 0 Å². The molecule has 0 bridgehead atoms. The highest BCUT2D eigenvalue weighted by molar-refractivity contribution is 9.10. The molecule has 0 amide bonds. The van der Waals surface area contributed by atoms with Gasteiger partial charge in [0.15, 0.2) is 5.82 Å². The third kappa shape index (κ3) is 2.62. The molecule has 5 nitrogen and oxygen atoms in total. The lowest BCUT2D eigenvalue weighted by molar-refractivity contribution is 0.628. The van der Waals surface area contributed by atoms with Crippen molar-refractivity contribution in [2.75, 3.05) is 5.73 Å². The van der Waals surface area contributed by atoms with Crippen molar-refractivity contribution in [3.8, 4) is 17.1 Å². The van der Waals surface area contributed by atoms with Gasteiger partial charge in [-0.15, -0.1) is 5.10 Å². The predicted octanol–water partition coefficient (Wildman–Crippen LogP) is 3.47. The van der Waals surface area contributed by atoms with Gasteiger partial charge in [-0.3, -0.25) is 0 Å². The van der Waals surface area contributed by atoms with Gasteiger partial charge in [0.05, 0.1) is 10.7 Å². The Kier molecular flexibility index (Phi) is 3.60. The molecule has 0 spiro atoms. The van der Waals surface area contributed by atoms with Gasteiger partial charge in [0.1, 0.15) is 5.82 Å². The van der Waals surface area contributed by atoms with E-state index in [9.17, 15) is 4.39 Å². The maximum absolute atomic E-state index is 13.2. The Labute approximate surface area is 132 Å². The van der Waals surface area contributed by atoms with Crippen molar-refractivity contribution in [2.24, 2.45) is 0 Å². The van der Waals surface area contributed by atoms with Gasteiger partial charge < -0.3 is 5.73 Å². The molecule has 2 aromatic carbocycles. The molecule has 2 N–H and O–H groups in total. The zero-order chi connectivity index (χ0) is 15.0. The molecule has 3 rings (SSSR count). The average molecular weight is 369 g/mol. The first kappa shape index (κ1) is 14.0. The maximum Gasteiger partial charge on any atom is 0.189 e. The van der Waals surface area contributed by atoms with E-state index in [0.29, 0.717) is 22.1 Å². The number of rotatable bonds is 2. The smallest absolute Gasteiger partial charge is 0.189 e. The van der Waals surface area contributed by atoms with E-state index in [0.717, 1.165) is 4.47 Å². The highest BCUT2D eigenvalue weighted by Gasteiger charge is 2.16. The third-order valence-corrected chi connectivity index (χ3v) is 3.66. The highest BCUT2D eigenvalue weighted by Crippen LogP contribution is 2.29. The second-order valence-corrected chi connectivity index (χ2v) is 5.56. The first-order chi connectivity index (χ1) is 10.1. The molecule has 0 radical (unpaired) electrons. The van der Waals surface area contributed by atoms with E-state index in [1.54, 1.807) is 12.1 Å². The quantitative estimate of drug-likeness (QED) is 0.703. The van der Waals surface area contributed by atoms with Crippen LogP contribution in [0.5, 0.6) is 0 Å². The van der Waals surface area contributed by atoms with Gasteiger partial charge in [-0.25, -0.2) is 4.39 Å². The molecule has 1 aromatic heterocycles. The Balaban J connectivity index is 2.17. The lowest BCUT2D eigenvalue weighted by Gasteiger charge is -2.08. The molecule has 0 saturated carbocycles. The van der Waals surface area contributed by atoms with Crippen molar-refractivity contribution < 1.29 is 4.39 Å². The molecule has 0 aliphatic rings. The second-order valence-electron chi connectivity index (χ2n) is 4.24. The number of tetrazole rings is 1. The van der Waals surface area contributed by atoms with Crippen LogP contribution in [0.4, 0.5) is 10.1 Å². The summed E-state index contributed by atoms with van der Waals surface area (Å²) < 4.78 is 15.5. The van der Waals surface area contributed by atoms with Crippen LogP contribution < -0.4 is 5.73 Å². The van der Waals surface area contributed by atoms with Crippen LogP contribution in [0.1, 0.15) is 0 Å². The molecular formula is C13H8BrClFN5. The highest BCUT2D eigenvalue weighted by atomic mass is 79.9. The van der Waals surface area contributed by atoms with Gasteiger partial charge >= 0.3 is 0 Å². The summed E-state index contributed by atoms with van der Waals surface area (Å²) in [5, 5.41) is 12.0. The van der Waals surface area contributed by atoms with E-state index >= 15 is 0 Å². The SMILES string of the molecule is Nc1cc(F)ccc1-c1nnnn1-c1ccc(Br)cc1Cl. The molecule has 106 valence electrons. The van der Waals surface area contributed by atoms with Crippen LogP contribution in [0, 0.1) is 5.82 Å². The van der Waals surface area contributed by atoms with Gasteiger partial charge in [-0.05, 0) is 46.8 Å². The summed E-state index contributed by atoms with van der Waals surface area (Å²) in [6, 6.07) is 9.37. The van der Waals surface area contributed by atoms with Crippen LogP contribution in [0.3, 0.4) is 0 Å². The molecule has 3 aromatic rings. The van der Waals surface area contributed by atoms with Gasteiger partial charge in [-0.2, -0.15) is 4.68 Å². The standard InChI is InChI=1S/C13H8BrClFN5/c14-7-1-4-12(10(15)5-7)21-13(18-19-20-21)9-3-2-8(16)6-11(9)17/h1-6H,17H2. The summed E-state index contributed by atoms with van der Waals surface area (Å²) in [6.45, 7) is 0. The Morgan fingerprint density at radius 3 is 2.71 bits per heavy atom. The van der Waals surface area contributed by atoms with Crippen LogP contribution in [-0.4, -0.2) is 20.2 Å². The molecular weight excluding hydrogens is 361 g/mol. The van der Waals surface area contributed by atoms with E-state index < -0.39 is 5.82 Å². The molecule has 0 saturated heterocycles. The summed E-state index contributed by atoms with van der Waals surface area (Å²) in [4.78, 5) is 0. The fraction of sp³-hybridized carbons (Fsp3) is 0. The van der Waals surface area contributed by atoms with Crippen molar-refractivity contribution in [2.45, 2.75) is 0 Å². The van der Waals surface area contributed by atoms with Gasteiger partial charge in [0.25, 0.3) is 0 Å². The molecule has 21 heavy (non-hydrogen) atoms. The topological polar surface area (TPSA) is 69.6 Å². The zero-order valence-corrected chi connectivity index (χ0v) is 12.8. The number of hydrogen-bond donors (Lipinski definition) is 1. The van der Waals surface area contributed by atoms with Crippen molar-refractivity contribution >= 4 is 33.2 Å². The van der Waals surface area contributed by atoms with Gasteiger partial charge in [-0.1, -0.05) is 27.5 Å². The van der Waals surface area contributed by atoms with Gasteiger partial charge in [0.2, 0.25) is 0 Å². The van der Waals surface area contributed by atoms with Crippen LogP contribution in [0.25, 0.3) is 17.1 Å². The minimum atomic E-state index is -0.419. The van der Waals surface area contributed by atoms with E-state index in [4.69, 9.17) is 17.3 Å². The van der Waals surface area contributed by atoms with Crippen LogP contribution in [-0.2, 0) is 0 Å². The Morgan fingerprint density at radius 1 is 1.19 bits per heavy atom. The minimum Gasteiger partial charge on any atom is -0.398 e. The summed E-state index contributed by atoms with van der Waals surface area (Å²) in [5.74, 6) is -0.0336. The monoisotopic (exact) mass is 367 g/mol. The summed E-state index contributed by atoms with van der Waals surface area (Å²) >= 11 is 9.54. The second kappa shape index (κ2) is 5.42. The Hall–Kier alpha value is -1.99. The molecule has 1 heterocycles. The van der Waals surface area contributed by atoms with E-state index in [1.165, 1.54) is 22.9 Å². The molecule has 0 aliphatic carbocycles. The number of halogens is 3. The lowest BCUT2D eigenvalue weighted by atomic mass is 10.1. The number of nitrogens with zero attached hydrogens (tertiary/aromatic N) is 4. The Morgan fingerprint density at radius 2 is 2.00 bits per heavy atom. The maximum atomic E-state index is 13.2. The average Bonchev–Trinajstić information content (AvgIpc) is 2.87. The number of benzene rings is 2.